The van der Waals surface area contributed by atoms with Gasteiger partial charge in [0.15, 0.2) is 0 Å². The van der Waals surface area contributed by atoms with E-state index in [0.717, 1.165) is 32.6 Å². The van der Waals surface area contributed by atoms with Gasteiger partial charge in [-0.1, -0.05) is 17.7 Å². The van der Waals surface area contributed by atoms with Gasteiger partial charge >= 0.3 is 0 Å². The molecule has 1 aromatic carbocycles. The van der Waals surface area contributed by atoms with Gasteiger partial charge < -0.3 is 14.7 Å². The summed E-state index contributed by atoms with van der Waals surface area (Å²) in [5.41, 5.74) is 1.19. The van der Waals surface area contributed by atoms with E-state index < -0.39 is 0 Å². The van der Waals surface area contributed by atoms with Crippen LogP contribution in [0.4, 0.5) is 0 Å². The van der Waals surface area contributed by atoms with E-state index in [9.17, 15) is 5.11 Å². The Kier molecular flexibility index (Phi) is 6.50. The summed E-state index contributed by atoms with van der Waals surface area (Å²) < 4.78 is 5.20. The number of nitrogens with zero attached hydrogens (tertiary/aromatic N) is 2. The Balaban J connectivity index is 2.02. The molecular formula is C17H27ClN2O2. The fourth-order valence-corrected chi connectivity index (χ4v) is 3.68. The van der Waals surface area contributed by atoms with Crippen LogP contribution in [0.1, 0.15) is 12.0 Å². The third-order valence-corrected chi connectivity index (χ3v) is 4.50. The lowest BCUT2D eigenvalue weighted by Gasteiger charge is -2.38. The maximum absolute atomic E-state index is 9.56. The Morgan fingerprint density at radius 2 is 2.05 bits per heavy atom. The van der Waals surface area contributed by atoms with Gasteiger partial charge in [-0.2, -0.15) is 0 Å². The van der Waals surface area contributed by atoms with E-state index in [4.69, 9.17) is 16.3 Å². The van der Waals surface area contributed by atoms with Gasteiger partial charge in [0.2, 0.25) is 0 Å². The molecule has 2 rings (SSSR count). The molecule has 0 amide bonds. The van der Waals surface area contributed by atoms with Crippen molar-refractivity contribution < 1.29 is 9.84 Å². The molecule has 1 heterocycles. The molecule has 1 aliphatic rings. The first-order chi connectivity index (χ1) is 10.5. The van der Waals surface area contributed by atoms with Crippen LogP contribution in [0.15, 0.2) is 18.2 Å². The first-order valence-electron chi connectivity index (χ1n) is 7.82. The lowest BCUT2D eigenvalue weighted by Crippen LogP contribution is -2.44. The minimum Gasteiger partial charge on any atom is -0.495 e. The van der Waals surface area contributed by atoms with Crippen LogP contribution >= 0.6 is 11.6 Å². The number of likely N-dealkylation sites (tertiary alicyclic amines) is 1. The zero-order chi connectivity index (χ0) is 16.1. The van der Waals surface area contributed by atoms with E-state index in [-0.39, 0.29) is 6.61 Å². The highest BCUT2D eigenvalue weighted by Gasteiger charge is 2.27. The Morgan fingerprint density at radius 1 is 1.32 bits per heavy atom. The molecule has 4 nitrogen and oxygen atoms in total. The third-order valence-electron chi connectivity index (χ3n) is 4.20. The fourth-order valence-electron chi connectivity index (χ4n) is 3.40. The Hall–Kier alpha value is -0.810. The number of piperidine rings is 1. The molecule has 0 aromatic heterocycles. The lowest BCUT2D eigenvalue weighted by atomic mass is 9.89. The lowest BCUT2D eigenvalue weighted by molar-refractivity contribution is 0.0692. The molecule has 0 aliphatic carbocycles. The van der Waals surface area contributed by atoms with E-state index in [1.54, 1.807) is 7.11 Å². The van der Waals surface area contributed by atoms with Crippen LogP contribution < -0.4 is 4.74 Å². The first-order valence-corrected chi connectivity index (χ1v) is 8.20. The number of methoxy groups -OCH3 is 1. The average Bonchev–Trinajstić information content (AvgIpc) is 2.46. The minimum atomic E-state index is 0.268. The quantitative estimate of drug-likeness (QED) is 0.870. The van der Waals surface area contributed by atoms with Crippen molar-refractivity contribution in [2.45, 2.75) is 13.0 Å². The van der Waals surface area contributed by atoms with Crippen molar-refractivity contribution in [3.63, 3.8) is 0 Å². The van der Waals surface area contributed by atoms with Crippen molar-refractivity contribution in [1.29, 1.82) is 0 Å². The molecule has 1 N–H and O–H groups in total. The summed E-state index contributed by atoms with van der Waals surface area (Å²) in [6, 6.07) is 5.96. The van der Waals surface area contributed by atoms with E-state index in [0.29, 0.717) is 22.6 Å². The average molecular weight is 327 g/mol. The number of hydrogen-bond donors (Lipinski definition) is 1. The minimum absolute atomic E-state index is 0.268. The van der Waals surface area contributed by atoms with Gasteiger partial charge in [-0.05, 0) is 50.0 Å². The molecule has 0 saturated carbocycles. The molecule has 124 valence electrons. The van der Waals surface area contributed by atoms with Gasteiger partial charge in [0.25, 0.3) is 0 Å². The predicted octanol–water partition coefficient (Wildman–Crippen LogP) is 2.34. The fraction of sp³-hybridized carbons (Fsp3) is 0.647. The van der Waals surface area contributed by atoms with E-state index in [2.05, 4.69) is 30.0 Å². The summed E-state index contributed by atoms with van der Waals surface area (Å²) in [5.74, 6) is 1.69. The van der Waals surface area contributed by atoms with Gasteiger partial charge in [-0.25, -0.2) is 0 Å². The van der Waals surface area contributed by atoms with Crippen LogP contribution in [-0.4, -0.2) is 62.4 Å². The molecule has 0 spiro atoms. The largest absolute Gasteiger partial charge is 0.495 e. The Morgan fingerprint density at radius 3 is 2.64 bits per heavy atom. The first kappa shape index (κ1) is 17.5. The van der Waals surface area contributed by atoms with Gasteiger partial charge in [-0.15, -0.1) is 0 Å². The van der Waals surface area contributed by atoms with Crippen LogP contribution in [0.3, 0.4) is 0 Å². The van der Waals surface area contributed by atoms with Crippen LogP contribution in [0.5, 0.6) is 5.75 Å². The highest BCUT2D eigenvalue weighted by atomic mass is 35.5. The van der Waals surface area contributed by atoms with Crippen LogP contribution in [0.25, 0.3) is 0 Å². The van der Waals surface area contributed by atoms with Crippen molar-refractivity contribution in [2.24, 2.45) is 11.8 Å². The molecular weight excluding hydrogens is 300 g/mol. The summed E-state index contributed by atoms with van der Waals surface area (Å²) in [5, 5.41) is 10.2. The molecule has 5 heteroatoms. The van der Waals surface area contributed by atoms with Crippen LogP contribution in [-0.2, 0) is 6.54 Å². The number of rotatable bonds is 6. The molecule has 1 aliphatic heterocycles. The topological polar surface area (TPSA) is 35.9 Å². The number of aliphatic hydroxyl groups is 1. The second kappa shape index (κ2) is 8.16. The summed E-state index contributed by atoms with van der Waals surface area (Å²) in [7, 11) is 5.84. The standard InChI is InChI=1S/C17H27ClN2O2/c1-19(2)8-14-6-15(12-21)11-20(10-14)9-13-4-5-17(22-3)16(18)7-13/h4-5,7,14-15,21H,6,8-12H2,1-3H3/t14-,15+/m0/s1. The molecule has 1 saturated heterocycles. The second-order valence-electron chi connectivity index (χ2n) is 6.58. The van der Waals surface area contributed by atoms with Gasteiger partial charge in [0.1, 0.15) is 5.75 Å². The summed E-state index contributed by atoms with van der Waals surface area (Å²) in [6.07, 6.45) is 1.11. The maximum atomic E-state index is 9.56. The number of aliphatic hydroxyl groups excluding tert-OH is 1. The highest BCUT2D eigenvalue weighted by Crippen LogP contribution is 2.27. The number of hydrogen-bond acceptors (Lipinski definition) is 4. The predicted molar refractivity (Wildman–Crippen MR) is 90.5 cm³/mol. The maximum Gasteiger partial charge on any atom is 0.137 e. The van der Waals surface area contributed by atoms with Crippen LogP contribution in [0, 0.1) is 11.8 Å². The highest BCUT2D eigenvalue weighted by molar-refractivity contribution is 6.32. The van der Waals surface area contributed by atoms with E-state index >= 15 is 0 Å². The number of ether oxygens (including phenoxy) is 1. The smallest absolute Gasteiger partial charge is 0.137 e. The molecule has 2 atom stereocenters. The van der Waals surface area contributed by atoms with Gasteiger partial charge in [-0.3, -0.25) is 4.90 Å². The van der Waals surface area contributed by atoms with E-state index in [1.807, 2.05) is 12.1 Å². The van der Waals surface area contributed by atoms with Crippen LogP contribution in [0.2, 0.25) is 5.02 Å². The summed E-state index contributed by atoms with van der Waals surface area (Å²) in [6.45, 7) is 4.21. The molecule has 0 unspecified atom stereocenters. The summed E-state index contributed by atoms with van der Waals surface area (Å²) in [4.78, 5) is 4.66. The van der Waals surface area contributed by atoms with Crippen molar-refractivity contribution in [3.05, 3.63) is 28.8 Å². The third kappa shape index (κ3) is 4.85. The second-order valence-corrected chi connectivity index (χ2v) is 6.98. The molecule has 1 aromatic rings. The number of halogens is 1. The van der Waals surface area contributed by atoms with Crippen molar-refractivity contribution in [3.8, 4) is 5.75 Å². The van der Waals surface area contributed by atoms with Crippen molar-refractivity contribution in [2.75, 3.05) is 47.4 Å². The van der Waals surface area contributed by atoms with Crippen molar-refractivity contribution >= 4 is 11.6 Å². The monoisotopic (exact) mass is 326 g/mol. The SMILES string of the molecule is COc1ccc(CN2C[C@H](CO)C[C@@H](CN(C)C)C2)cc1Cl. The number of benzene rings is 1. The Bertz CT molecular complexity index is 482. The summed E-state index contributed by atoms with van der Waals surface area (Å²) >= 11 is 6.21. The molecule has 1 fully saturated rings. The van der Waals surface area contributed by atoms with Gasteiger partial charge in [0, 0.05) is 32.8 Å². The zero-order valence-electron chi connectivity index (χ0n) is 13.8. The molecule has 0 bridgehead atoms. The molecule has 22 heavy (non-hydrogen) atoms. The zero-order valence-corrected chi connectivity index (χ0v) is 14.5. The molecule has 0 radical (unpaired) electrons. The van der Waals surface area contributed by atoms with Crippen molar-refractivity contribution in [1.82, 2.24) is 9.80 Å². The van der Waals surface area contributed by atoms with E-state index in [1.165, 1.54) is 5.56 Å². The Labute approximate surface area is 138 Å². The van der Waals surface area contributed by atoms with Gasteiger partial charge in [0.05, 0.1) is 12.1 Å². The normalized spacial score (nSPS) is 23.0.